The molecule has 0 heterocycles. The van der Waals surface area contributed by atoms with E-state index in [9.17, 15) is 18.0 Å². The molecule has 0 spiro atoms. The van der Waals surface area contributed by atoms with Crippen LogP contribution in [0.2, 0.25) is 0 Å². The fraction of sp³-hybridized carbons (Fsp3) is 0.375. The molecule has 40 heavy (non-hydrogen) atoms. The van der Waals surface area contributed by atoms with Crippen LogP contribution >= 0.6 is 0 Å². The number of benzene rings is 3. The van der Waals surface area contributed by atoms with Gasteiger partial charge in [-0.2, -0.15) is 0 Å². The number of carbonyl (C=O) groups is 2. The van der Waals surface area contributed by atoms with Gasteiger partial charge in [-0.05, 0) is 62.9 Å². The topological polar surface area (TPSA) is 86.8 Å². The Morgan fingerprint density at radius 3 is 2.05 bits per heavy atom. The van der Waals surface area contributed by atoms with Crippen molar-refractivity contribution in [1.82, 2.24) is 10.2 Å². The average molecular weight is 564 g/mol. The molecule has 0 bridgehead atoms. The van der Waals surface area contributed by atoms with E-state index < -0.39 is 34.1 Å². The summed E-state index contributed by atoms with van der Waals surface area (Å²) in [5.41, 5.74) is 3.72. The van der Waals surface area contributed by atoms with Crippen molar-refractivity contribution in [3.8, 4) is 0 Å². The first-order valence-corrected chi connectivity index (χ1v) is 15.4. The van der Waals surface area contributed by atoms with Crippen molar-refractivity contribution < 1.29 is 18.0 Å². The van der Waals surface area contributed by atoms with Gasteiger partial charge in [0.25, 0.3) is 0 Å². The Morgan fingerprint density at radius 1 is 0.875 bits per heavy atom. The molecule has 0 radical (unpaired) electrons. The van der Waals surface area contributed by atoms with Crippen molar-refractivity contribution in [2.45, 2.75) is 65.6 Å². The van der Waals surface area contributed by atoms with Crippen molar-refractivity contribution in [3.05, 3.63) is 101 Å². The predicted octanol–water partition coefficient (Wildman–Crippen LogP) is 4.88. The second-order valence-corrected chi connectivity index (χ2v) is 13.2. The van der Waals surface area contributed by atoms with E-state index in [2.05, 4.69) is 5.32 Å². The van der Waals surface area contributed by atoms with E-state index in [0.29, 0.717) is 5.69 Å². The Hall–Kier alpha value is -3.65. The summed E-state index contributed by atoms with van der Waals surface area (Å²) >= 11 is 0. The van der Waals surface area contributed by atoms with E-state index >= 15 is 0 Å². The number of amides is 2. The second kappa shape index (κ2) is 13.1. The average Bonchev–Trinajstić information content (AvgIpc) is 2.88. The Kier molecular flexibility index (Phi) is 10.1. The van der Waals surface area contributed by atoms with Gasteiger partial charge in [0.1, 0.15) is 12.6 Å². The van der Waals surface area contributed by atoms with Gasteiger partial charge in [-0.1, -0.05) is 79.2 Å². The number of hydrogen-bond donors (Lipinski definition) is 1. The van der Waals surface area contributed by atoms with Crippen LogP contribution in [0.4, 0.5) is 5.69 Å². The number of nitrogens with zero attached hydrogens (tertiary/aromatic N) is 2. The predicted molar refractivity (Wildman–Crippen MR) is 162 cm³/mol. The number of nitrogens with one attached hydrogen (secondary N) is 1. The largest absolute Gasteiger partial charge is 0.350 e. The van der Waals surface area contributed by atoms with Crippen molar-refractivity contribution >= 4 is 27.5 Å². The molecule has 1 N–H and O–H groups in total. The van der Waals surface area contributed by atoms with Crippen molar-refractivity contribution in [2.24, 2.45) is 0 Å². The van der Waals surface area contributed by atoms with Gasteiger partial charge < -0.3 is 10.2 Å². The molecule has 1 atom stereocenters. The molecule has 3 aromatic carbocycles. The highest BCUT2D eigenvalue weighted by Crippen LogP contribution is 2.22. The summed E-state index contributed by atoms with van der Waals surface area (Å²) in [6.45, 7) is 9.39. The van der Waals surface area contributed by atoms with Gasteiger partial charge in [0.2, 0.25) is 21.8 Å². The smallest absolute Gasteiger partial charge is 0.244 e. The van der Waals surface area contributed by atoms with Gasteiger partial charge in [-0.3, -0.25) is 13.9 Å². The third-order valence-corrected chi connectivity index (χ3v) is 7.66. The zero-order valence-corrected chi connectivity index (χ0v) is 25.2. The van der Waals surface area contributed by atoms with Crippen molar-refractivity contribution in [3.63, 3.8) is 0 Å². The maximum absolute atomic E-state index is 14.1. The van der Waals surface area contributed by atoms with Crippen LogP contribution in [0.15, 0.2) is 78.9 Å². The molecular formula is C32H41N3O4S. The van der Waals surface area contributed by atoms with Gasteiger partial charge in [0.05, 0.1) is 11.9 Å². The summed E-state index contributed by atoms with van der Waals surface area (Å²) < 4.78 is 26.9. The van der Waals surface area contributed by atoms with Crippen molar-refractivity contribution in [1.29, 1.82) is 0 Å². The third-order valence-electron chi connectivity index (χ3n) is 6.52. The molecular weight excluding hydrogens is 522 g/mol. The summed E-state index contributed by atoms with van der Waals surface area (Å²) in [6.07, 6.45) is 2.18. The summed E-state index contributed by atoms with van der Waals surface area (Å²) in [7, 11) is -3.79. The van der Waals surface area contributed by atoms with E-state index in [0.717, 1.165) is 39.2 Å². The maximum Gasteiger partial charge on any atom is 0.244 e. The van der Waals surface area contributed by atoms with Crippen LogP contribution in [-0.4, -0.2) is 49.5 Å². The zero-order valence-electron chi connectivity index (χ0n) is 24.3. The highest BCUT2D eigenvalue weighted by atomic mass is 32.2. The third kappa shape index (κ3) is 8.95. The van der Waals surface area contributed by atoms with Crippen LogP contribution in [-0.2, 0) is 39.0 Å². The van der Waals surface area contributed by atoms with Crippen LogP contribution in [0, 0.1) is 6.92 Å². The number of hydrogen-bond acceptors (Lipinski definition) is 4. The fourth-order valence-corrected chi connectivity index (χ4v) is 5.38. The molecule has 0 aliphatic rings. The lowest BCUT2D eigenvalue weighted by Gasteiger charge is -2.35. The first kappa shape index (κ1) is 30.9. The van der Waals surface area contributed by atoms with Crippen molar-refractivity contribution in [2.75, 3.05) is 17.1 Å². The maximum atomic E-state index is 14.1. The van der Waals surface area contributed by atoms with E-state index in [1.54, 1.807) is 12.1 Å². The summed E-state index contributed by atoms with van der Waals surface area (Å²) in [4.78, 5) is 29.4. The normalized spacial score (nSPS) is 12.4. The minimum Gasteiger partial charge on any atom is -0.350 e. The molecule has 7 nitrogen and oxygen atoms in total. The van der Waals surface area contributed by atoms with E-state index in [-0.39, 0.29) is 18.9 Å². The van der Waals surface area contributed by atoms with Crippen LogP contribution in [0.25, 0.3) is 0 Å². The number of sulfonamides is 1. The number of carbonyl (C=O) groups excluding carboxylic acids is 2. The Morgan fingerprint density at radius 2 is 1.50 bits per heavy atom. The first-order chi connectivity index (χ1) is 18.8. The van der Waals surface area contributed by atoms with Gasteiger partial charge in [-0.25, -0.2) is 8.42 Å². The monoisotopic (exact) mass is 563 g/mol. The molecule has 214 valence electrons. The van der Waals surface area contributed by atoms with Crippen LogP contribution < -0.4 is 9.62 Å². The molecule has 0 aliphatic heterocycles. The Labute approximate surface area is 239 Å². The van der Waals surface area contributed by atoms with Gasteiger partial charge in [-0.15, -0.1) is 0 Å². The number of rotatable bonds is 11. The minimum atomic E-state index is -3.79. The lowest BCUT2D eigenvalue weighted by molar-refractivity contribution is -0.140. The Balaban J connectivity index is 2.06. The van der Waals surface area contributed by atoms with E-state index in [1.165, 1.54) is 4.90 Å². The van der Waals surface area contributed by atoms with Crippen LogP contribution in [0.1, 0.15) is 49.9 Å². The molecule has 0 fully saturated rings. The van der Waals surface area contributed by atoms with E-state index in [1.807, 2.05) is 101 Å². The van der Waals surface area contributed by atoms with Gasteiger partial charge in [0, 0.05) is 18.5 Å². The standard InChI is InChI=1S/C32H41N3O4S/c1-7-25-16-18-28(19-17-25)35(40(6,38)39)23-30(36)34(22-27-15-11-12-24(2)20-27)29(31(37)33-32(3,4)5)21-26-13-9-8-10-14-26/h8-20,29H,7,21-23H2,1-6H3,(H,33,37)/t29-/m1/s1. The minimum absolute atomic E-state index is 0.155. The molecule has 0 unspecified atom stereocenters. The number of anilines is 1. The molecule has 0 saturated heterocycles. The molecule has 2 amide bonds. The summed E-state index contributed by atoms with van der Waals surface area (Å²) in [5, 5.41) is 3.04. The Bertz CT molecular complexity index is 1400. The molecule has 0 saturated carbocycles. The second-order valence-electron chi connectivity index (χ2n) is 11.2. The summed E-state index contributed by atoms with van der Waals surface area (Å²) in [5.74, 6) is -0.757. The lowest BCUT2D eigenvalue weighted by Crippen LogP contribution is -2.56. The van der Waals surface area contributed by atoms with Gasteiger partial charge >= 0.3 is 0 Å². The van der Waals surface area contributed by atoms with Crippen LogP contribution in [0.3, 0.4) is 0 Å². The zero-order chi connectivity index (χ0) is 29.5. The molecule has 0 aliphatic carbocycles. The van der Waals surface area contributed by atoms with Crippen LogP contribution in [0.5, 0.6) is 0 Å². The highest BCUT2D eigenvalue weighted by Gasteiger charge is 2.34. The first-order valence-electron chi connectivity index (χ1n) is 13.5. The molecule has 3 rings (SSSR count). The summed E-state index contributed by atoms with van der Waals surface area (Å²) in [6, 6.07) is 23.6. The van der Waals surface area contributed by atoms with E-state index in [4.69, 9.17) is 0 Å². The SMILES string of the molecule is CCc1ccc(N(CC(=O)N(Cc2cccc(C)c2)[C@H](Cc2ccccc2)C(=O)NC(C)(C)C)S(C)(=O)=O)cc1. The molecule has 3 aromatic rings. The lowest BCUT2D eigenvalue weighted by atomic mass is 10.0. The number of aryl methyl sites for hydroxylation is 2. The fourth-order valence-electron chi connectivity index (χ4n) is 4.53. The highest BCUT2D eigenvalue weighted by molar-refractivity contribution is 7.92. The van der Waals surface area contributed by atoms with Gasteiger partial charge in [0.15, 0.2) is 0 Å². The molecule has 0 aromatic heterocycles. The quantitative estimate of drug-likeness (QED) is 0.360. The molecule has 8 heteroatoms.